The average molecular weight is 153 g/mol. The molecule has 10 heavy (non-hydrogen) atoms. The van der Waals surface area contributed by atoms with Crippen LogP contribution in [0.2, 0.25) is 0 Å². The van der Waals surface area contributed by atoms with Gasteiger partial charge in [0.25, 0.3) is 0 Å². The molecule has 0 aliphatic rings. The first-order valence-electron chi connectivity index (χ1n) is 2.95. The standard InChI is InChI=1S/C6H7N3S/c1-4-5-2-10-3-6(5)9(7)8-4/h2-3H,7H2,1H3. The first-order valence-corrected chi connectivity index (χ1v) is 3.90. The largest absolute Gasteiger partial charge is 0.323 e. The molecule has 52 valence electrons. The monoisotopic (exact) mass is 153 g/mol. The van der Waals surface area contributed by atoms with E-state index in [0.717, 1.165) is 16.6 Å². The van der Waals surface area contributed by atoms with Crippen LogP contribution in [0.5, 0.6) is 0 Å². The summed E-state index contributed by atoms with van der Waals surface area (Å²) < 4.78 is 0. The summed E-state index contributed by atoms with van der Waals surface area (Å²) in [5.41, 5.74) is 2.02. The lowest BCUT2D eigenvalue weighted by molar-refractivity contribution is 0.845. The lowest BCUT2D eigenvalue weighted by Gasteiger charge is -1.85. The molecule has 0 bridgehead atoms. The van der Waals surface area contributed by atoms with Gasteiger partial charge in [0.2, 0.25) is 0 Å². The summed E-state index contributed by atoms with van der Waals surface area (Å²) >= 11 is 1.65. The Balaban J connectivity index is 2.98. The van der Waals surface area contributed by atoms with Crippen molar-refractivity contribution in [3.05, 3.63) is 16.5 Å². The summed E-state index contributed by atoms with van der Waals surface area (Å²) in [4.78, 5) is 1.42. The van der Waals surface area contributed by atoms with Gasteiger partial charge in [0, 0.05) is 16.1 Å². The fraction of sp³-hybridized carbons (Fsp3) is 0.167. The van der Waals surface area contributed by atoms with Crippen molar-refractivity contribution in [2.45, 2.75) is 6.92 Å². The fourth-order valence-electron chi connectivity index (χ4n) is 1.01. The van der Waals surface area contributed by atoms with Crippen molar-refractivity contribution in [2.24, 2.45) is 0 Å². The maximum atomic E-state index is 5.53. The number of hydrogen-bond donors (Lipinski definition) is 1. The number of aromatic nitrogens is 2. The molecule has 0 saturated carbocycles. The highest BCUT2D eigenvalue weighted by Crippen LogP contribution is 2.19. The first kappa shape index (κ1) is 5.73. The number of fused-ring (bicyclic) bond motifs is 1. The number of thiophene rings is 1. The molecule has 2 aromatic heterocycles. The molecule has 0 aromatic carbocycles. The van der Waals surface area contributed by atoms with Crippen LogP contribution in [-0.2, 0) is 0 Å². The number of nitrogens with two attached hydrogens (primary N) is 1. The topological polar surface area (TPSA) is 43.8 Å². The van der Waals surface area contributed by atoms with Crippen molar-refractivity contribution in [1.82, 2.24) is 9.89 Å². The second kappa shape index (κ2) is 1.73. The highest BCUT2D eigenvalue weighted by Gasteiger charge is 2.03. The quantitative estimate of drug-likeness (QED) is 0.576. The summed E-state index contributed by atoms with van der Waals surface area (Å²) in [6, 6.07) is 0. The van der Waals surface area contributed by atoms with Crippen LogP contribution < -0.4 is 5.84 Å². The molecular formula is C6H7N3S. The molecular weight excluding hydrogens is 146 g/mol. The highest BCUT2D eigenvalue weighted by atomic mass is 32.1. The van der Waals surface area contributed by atoms with Crippen LogP contribution >= 0.6 is 11.3 Å². The van der Waals surface area contributed by atoms with E-state index in [1.807, 2.05) is 12.3 Å². The SMILES string of the molecule is Cc1nn(N)c2cscc12. The third-order valence-corrected chi connectivity index (χ3v) is 2.27. The molecule has 0 saturated heterocycles. The van der Waals surface area contributed by atoms with Gasteiger partial charge >= 0.3 is 0 Å². The third-order valence-electron chi connectivity index (χ3n) is 1.54. The van der Waals surface area contributed by atoms with Crippen molar-refractivity contribution in [3.63, 3.8) is 0 Å². The summed E-state index contributed by atoms with van der Waals surface area (Å²) in [6.07, 6.45) is 0. The Morgan fingerprint density at radius 3 is 3.10 bits per heavy atom. The number of rotatable bonds is 0. The third kappa shape index (κ3) is 0.565. The number of nitrogen functional groups attached to an aromatic ring is 1. The first-order chi connectivity index (χ1) is 4.79. The maximum absolute atomic E-state index is 5.53. The van der Waals surface area contributed by atoms with Gasteiger partial charge in [0.15, 0.2) is 0 Å². The minimum absolute atomic E-state index is 0.999. The molecule has 0 atom stereocenters. The van der Waals surface area contributed by atoms with Gasteiger partial charge in [-0.2, -0.15) is 9.89 Å². The van der Waals surface area contributed by atoms with Crippen LogP contribution in [0, 0.1) is 6.92 Å². The van der Waals surface area contributed by atoms with Crippen molar-refractivity contribution in [3.8, 4) is 0 Å². The smallest absolute Gasteiger partial charge is 0.103 e. The molecule has 0 fully saturated rings. The van der Waals surface area contributed by atoms with E-state index in [9.17, 15) is 0 Å². The molecule has 2 rings (SSSR count). The van der Waals surface area contributed by atoms with E-state index in [1.165, 1.54) is 4.79 Å². The zero-order valence-corrected chi connectivity index (χ0v) is 6.35. The Hall–Kier alpha value is -1.03. The predicted octanol–water partition coefficient (Wildman–Crippen LogP) is 1.12. The van der Waals surface area contributed by atoms with E-state index < -0.39 is 0 Å². The zero-order valence-electron chi connectivity index (χ0n) is 5.53. The van der Waals surface area contributed by atoms with Crippen molar-refractivity contribution in [1.29, 1.82) is 0 Å². The van der Waals surface area contributed by atoms with Gasteiger partial charge in [-0.05, 0) is 6.92 Å². The highest BCUT2D eigenvalue weighted by molar-refractivity contribution is 7.09. The lowest BCUT2D eigenvalue weighted by atomic mass is 10.3. The molecule has 0 amide bonds. The van der Waals surface area contributed by atoms with E-state index in [-0.39, 0.29) is 0 Å². The van der Waals surface area contributed by atoms with Crippen molar-refractivity contribution in [2.75, 3.05) is 5.84 Å². The normalized spacial score (nSPS) is 10.9. The van der Waals surface area contributed by atoms with Crippen LogP contribution in [0.25, 0.3) is 10.9 Å². The molecule has 4 heteroatoms. The number of nitrogens with zero attached hydrogens (tertiary/aromatic N) is 2. The van der Waals surface area contributed by atoms with Gasteiger partial charge < -0.3 is 5.84 Å². The van der Waals surface area contributed by atoms with Crippen LogP contribution in [0.15, 0.2) is 10.8 Å². The summed E-state index contributed by atoms with van der Waals surface area (Å²) in [5.74, 6) is 5.53. The van der Waals surface area contributed by atoms with E-state index >= 15 is 0 Å². The molecule has 2 N–H and O–H groups in total. The summed E-state index contributed by atoms with van der Waals surface area (Å²) in [6.45, 7) is 1.96. The summed E-state index contributed by atoms with van der Waals surface area (Å²) in [7, 11) is 0. The predicted molar refractivity (Wildman–Crippen MR) is 42.5 cm³/mol. The van der Waals surface area contributed by atoms with Gasteiger partial charge in [0.05, 0.1) is 5.69 Å². The molecule has 3 nitrogen and oxygen atoms in total. The van der Waals surface area contributed by atoms with Crippen LogP contribution in [-0.4, -0.2) is 9.89 Å². The molecule has 0 aliphatic heterocycles. The van der Waals surface area contributed by atoms with E-state index in [2.05, 4.69) is 10.5 Å². The van der Waals surface area contributed by atoms with Gasteiger partial charge in [-0.15, -0.1) is 11.3 Å². The molecule has 2 heterocycles. The number of hydrogen-bond acceptors (Lipinski definition) is 3. The van der Waals surface area contributed by atoms with Crippen LogP contribution in [0.1, 0.15) is 5.69 Å². The van der Waals surface area contributed by atoms with Gasteiger partial charge in [0.1, 0.15) is 5.52 Å². The Labute approximate surface area is 62.0 Å². The van der Waals surface area contributed by atoms with Crippen molar-refractivity contribution >= 4 is 22.2 Å². The second-order valence-electron chi connectivity index (χ2n) is 2.20. The van der Waals surface area contributed by atoms with Gasteiger partial charge in [-0.25, -0.2) is 0 Å². The molecule has 0 unspecified atom stereocenters. The lowest BCUT2D eigenvalue weighted by Crippen LogP contribution is -2.08. The molecule has 0 spiro atoms. The van der Waals surface area contributed by atoms with Crippen molar-refractivity contribution < 1.29 is 0 Å². The molecule has 0 aliphatic carbocycles. The minimum Gasteiger partial charge on any atom is -0.323 e. The maximum Gasteiger partial charge on any atom is 0.103 e. The zero-order chi connectivity index (χ0) is 7.14. The van der Waals surface area contributed by atoms with Gasteiger partial charge in [-0.3, -0.25) is 0 Å². The van der Waals surface area contributed by atoms with E-state index in [0.29, 0.717) is 0 Å². The van der Waals surface area contributed by atoms with E-state index in [4.69, 9.17) is 5.84 Å². The fourth-order valence-corrected chi connectivity index (χ4v) is 1.87. The minimum atomic E-state index is 0.999. The van der Waals surface area contributed by atoms with Crippen LogP contribution in [0.3, 0.4) is 0 Å². The Morgan fingerprint density at radius 2 is 2.40 bits per heavy atom. The Kier molecular flexibility index (Phi) is 0.990. The molecule has 2 aromatic rings. The molecule has 0 radical (unpaired) electrons. The average Bonchev–Trinajstić information content (AvgIpc) is 2.39. The Morgan fingerprint density at radius 1 is 1.60 bits per heavy atom. The van der Waals surface area contributed by atoms with Gasteiger partial charge in [-0.1, -0.05) is 0 Å². The van der Waals surface area contributed by atoms with E-state index in [1.54, 1.807) is 11.3 Å². The summed E-state index contributed by atoms with van der Waals surface area (Å²) in [5, 5.41) is 9.26. The Bertz CT molecular complexity index is 328. The number of aryl methyl sites for hydroxylation is 1. The second-order valence-corrected chi connectivity index (χ2v) is 2.94. The van der Waals surface area contributed by atoms with Crippen LogP contribution in [0.4, 0.5) is 0 Å².